The van der Waals surface area contributed by atoms with E-state index < -0.39 is 0 Å². The van der Waals surface area contributed by atoms with Crippen molar-refractivity contribution >= 4 is 17.4 Å². The minimum absolute atomic E-state index is 0.0376. The molecule has 0 radical (unpaired) electrons. The molecule has 35 heavy (non-hydrogen) atoms. The van der Waals surface area contributed by atoms with Gasteiger partial charge in [-0.2, -0.15) is 0 Å². The second kappa shape index (κ2) is 10.7. The highest BCUT2D eigenvalue weighted by Gasteiger charge is 2.25. The van der Waals surface area contributed by atoms with Crippen LogP contribution in [0.3, 0.4) is 0 Å². The third-order valence-electron chi connectivity index (χ3n) is 6.29. The zero-order chi connectivity index (χ0) is 25.0. The molecule has 2 heterocycles. The number of ether oxygens (including phenoxy) is 2. The summed E-state index contributed by atoms with van der Waals surface area (Å²) in [6, 6.07) is 9.69. The summed E-state index contributed by atoms with van der Waals surface area (Å²) >= 11 is 0. The molecular formula is C27H38N5O3+. The molecular weight excluding hydrogens is 442 g/mol. The smallest absolute Gasteiger partial charge is 0.355 e. The van der Waals surface area contributed by atoms with Gasteiger partial charge in [-0.15, -0.1) is 4.68 Å². The molecule has 188 valence electrons. The fraction of sp³-hybridized carbons (Fsp3) is 0.556. The summed E-state index contributed by atoms with van der Waals surface area (Å²) in [7, 11) is 0. The van der Waals surface area contributed by atoms with Crippen molar-refractivity contribution in [3.05, 3.63) is 47.0 Å². The molecule has 0 bridgehead atoms. The van der Waals surface area contributed by atoms with Gasteiger partial charge in [0.2, 0.25) is 5.78 Å². The summed E-state index contributed by atoms with van der Waals surface area (Å²) in [5.74, 6) is 1.37. The Balaban J connectivity index is 1.52. The SMILES string of the molecule is CCCCCOc1ccc2n(n1)c(N)n[n+]2CC(=O)c1cc(COCC2CC2)cc(C(C)(C)C)c1. The van der Waals surface area contributed by atoms with E-state index in [1.54, 1.807) is 10.7 Å². The van der Waals surface area contributed by atoms with Crippen molar-refractivity contribution in [1.29, 1.82) is 0 Å². The number of unbranched alkanes of at least 4 members (excludes halogenated alkanes) is 2. The summed E-state index contributed by atoms with van der Waals surface area (Å²) in [6.07, 6.45) is 5.73. The summed E-state index contributed by atoms with van der Waals surface area (Å²) < 4.78 is 14.8. The quantitative estimate of drug-likeness (QED) is 0.236. The van der Waals surface area contributed by atoms with Crippen molar-refractivity contribution in [3.8, 4) is 5.88 Å². The van der Waals surface area contributed by atoms with Crippen LogP contribution in [0.2, 0.25) is 0 Å². The Hall–Kier alpha value is -3.00. The van der Waals surface area contributed by atoms with E-state index in [4.69, 9.17) is 15.2 Å². The molecule has 2 aromatic heterocycles. The van der Waals surface area contributed by atoms with Crippen LogP contribution in [-0.4, -0.2) is 33.7 Å². The lowest BCUT2D eigenvalue weighted by Crippen LogP contribution is -2.40. The highest BCUT2D eigenvalue weighted by atomic mass is 16.5. The molecule has 2 N–H and O–H groups in total. The standard InChI is InChI=1S/C27H38N5O3/c1-5-6-7-12-35-24-10-11-25-31(30-26(28)32(25)29-24)16-23(33)21-13-20(18-34-17-19-8-9-19)14-22(15-21)27(2,3)4/h10-11,13-15,19H,5-9,12,16-18H2,1-4H3,(H2,28,30)/q+1. The Labute approximate surface area is 207 Å². The number of Topliss-reactive ketones (excluding diaryl/α,β-unsaturated/α-hetero) is 1. The van der Waals surface area contributed by atoms with Crippen molar-refractivity contribution in [3.63, 3.8) is 0 Å². The molecule has 0 spiro atoms. The van der Waals surface area contributed by atoms with Gasteiger partial charge < -0.3 is 15.2 Å². The van der Waals surface area contributed by atoms with Gasteiger partial charge in [0.15, 0.2) is 6.54 Å². The van der Waals surface area contributed by atoms with E-state index in [1.165, 1.54) is 17.4 Å². The van der Waals surface area contributed by atoms with Crippen molar-refractivity contribution in [1.82, 2.24) is 14.7 Å². The molecule has 8 heteroatoms. The number of anilines is 1. The Morgan fingerprint density at radius 3 is 2.71 bits per heavy atom. The van der Waals surface area contributed by atoms with Gasteiger partial charge in [0, 0.05) is 24.3 Å². The molecule has 1 aromatic carbocycles. The summed E-state index contributed by atoms with van der Waals surface area (Å²) in [6.45, 7) is 10.6. The molecule has 1 aliphatic carbocycles. The first-order chi connectivity index (χ1) is 16.7. The lowest BCUT2D eigenvalue weighted by atomic mass is 9.84. The first kappa shape index (κ1) is 25.1. The van der Waals surface area contributed by atoms with E-state index in [0.717, 1.165) is 37.0 Å². The van der Waals surface area contributed by atoms with E-state index in [2.05, 4.69) is 44.0 Å². The largest absolute Gasteiger partial charge is 0.475 e. The average molecular weight is 481 g/mol. The lowest BCUT2D eigenvalue weighted by Gasteiger charge is -2.21. The Bertz CT molecular complexity index is 1180. The van der Waals surface area contributed by atoms with Crippen molar-refractivity contribution < 1.29 is 19.0 Å². The number of nitrogens with zero attached hydrogens (tertiary/aromatic N) is 4. The molecule has 0 unspecified atom stereocenters. The maximum atomic E-state index is 13.4. The number of hydrogen-bond acceptors (Lipinski definition) is 6. The molecule has 0 aliphatic heterocycles. The third kappa shape index (κ3) is 6.57. The lowest BCUT2D eigenvalue weighted by molar-refractivity contribution is -0.714. The predicted octanol–water partition coefficient (Wildman–Crippen LogP) is 4.28. The fourth-order valence-corrected chi connectivity index (χ4v) is 3.93. The van der Waals surface area contributed by atoms with Gasteiger partial charge in [-0.1, -0.05) is 51.1 Å². The van der Waals surface area contributed by atoms with Crippen molar-refractivity contribution in [2.75, 3.05) is 18.9 Å². The number of aromatic nitrogens is 4. The number of rotatable bonds is 12. The fourth-order valence-electron chi connectivity index (χ4n) is 3.93. The Morgan fingerprint density at radius 1 is 1.20 bits per heavy atom. The van der Waals surface area contributed by atoms with Gasteiger partial charge in [-0.25, -0.2) is 0 Å². The van der Waals surface area contributed by atoms with Crippen LogP contribution >= 0.6 is 0 Å². The van der Waals surface area contributed by atoms with Gasteiger partial charge in [0.25, 0.3) is 5.88 Å². The number of nitrogen functional groups attached to an aromatic ring is 1. The van der Waals surface area contributed by atoms with E-state index in [0.29, 0.717) is 36.2 Å². The summed E-state index contributed by atoms with van der Waals surface area (Å²) in [4.78, 5) is 13.4. The van der Waals surface area contributed by atoms with E-state index in [-0.39, 0.29) is 23.7 Å². The summed E-state index contributed by atoms with van der Waals surface area (Å²) in [5, 5.41) is 8.81. The van der Waals surface area contributed by atoms with Gasteiger partial charge in [0.1, 0.15) is 0 Å². The minimum atomic E-state index is -0.0857. The van der Waals surface area contributed by atoms with Gasteiger partial charge in [-0.3, -0.25) is 4.79 Å². The predicted molar refractivity (Wildman–Crippen MR) is 134 cm³/mol. The number of benzene rings is 1. The molecule has 8 nitrogen and oxygen atoms in total. The van der Waals surface area contributed by atoms with Crippen LogP contribution in [0.1, 0.15) is 81.3 Å². The minimum Gasteiger partial charge on any atom is -0.475 e. The highest BCUT2D eigenvalue weighted by Crippen LogP contribution is 2.30. The van der Waals surface area contributed by atoms with E-state index >= 15 is 0 Å². The number of ketones is 1. The second-order valence-corrected chi connectivity index (χ2v) is 10.6. The Morgan fingerprint density at radius 2 is 2.00 bits per heavy atom. The molecule has 0 atom stereocenters. The third-order valence-corrected chi connectivity index (χ3v) is 6.29. The van der Waals surface area contributed by atoms with Crippen molar-refractivity contribution in [2.24, 2.45) is 5.92 Å². The van der Waals surface area contributed by atoms with Crippen molar-refractivity contribution in [2.45, 2.75) is 78.4 Å². The number of nitrogens with two attached hydrogens (primary N) is 1. The van der Waals surface area contributed by atoms with Crippen LogP contribution in [0.25, 0.3) is 5.65 Å². The van der Waals surface area contributed by atoms with Gasteiger partial charge >= 0.3 is 11.6 Å². The van der Waals surface area contributed by atoms with Crippen LogP contribution in [-0.2, 0) is 23.3 Å². The molecule has 1 aliphatic rings. The molecule has 4 rings (SSSR count). The Kier molecular flexibility index (Phi) is 7.69. The van der Waals surface area contributed by atoms with Gasteiger partial charge in [0.05, 0.1) is 13.2 Å². The van der Waals surface area contributed by atoms with E-state index in [9.17, 15) is 4.79 Å². The maximum absolute atomic E-state index is 13.4. The zero-order valence-electron chi connectivity index (χ0n) is 21.4. The first-order valence-electron chi connectivity index (χ1n) is 12.7. The molecule has 0 saturated heterocycles. The number of carbonyl (C=O) groups excluding carboxylic acids is 1. The second-order valence-electron chi connectivity index (χ2n) is 10.6. The van der Waals surface area contributed by atoms with Crippen LogP contribution < -0.4 is 15.2 Å². The van der Waals surface area contributed by atoms with E-state index in [1.807, 2.05) is 18.2 Å². The number of hydrogen-bond donors (Lipinski definition) is 1. The zero-order valence-corrected chi connectivity index (χ0v) is 21.4. The van der Waals surface area contributed by atoms with Crippen LogP contribution in [0.5, 0.6) is 5.88 Å². The normalized spacial score (nSPS) is 13.9. The molecule has 1 fully saturated rings. The molecule has 3 aromatic rings. The number of fused-ring (bicyclic) bond motifs is 1. The average Bonchev–Trinajstić information content (AvgIpc) is 3.59. The number of carbonyl (C=O) groups is 1. The maximum Gasteiger partial charge on any atom is 0.355 e. The monoisotopic (exact) mass is 480 g/mol. The summed E-state index contributed by atoms with van der Waals surface area (Å²) in [5.41, 5.74) is 9.44. The van der Waals surface area contributed by atoms with Crippen LogP contribution in [0.4, 0.5) is 5.95 Å². The van der Waals surface area contributed by atoms with Gasteiger partial charge in [-0.05, 0) is 64.1 Å². The molecule has 0 amide bonds. The first-order valence-corrected chi connectivity index (χ1v) is 12.7. The highest BCUT2D eigenvalue weighted by molar-refractivity contribution is 5.95. The van der Waals surface area contributed by atoms with Crippen LogP contribution in [0, 0.1) is 5.92 Å². The van der Waals surface area contributed by atoms with Crippen LogP contribution in [0.15, 0.2) is 30.3 Å². The molecule has 1 saturated carbocycles. The topological polar surface area (TPSA) is 95.6 Å².